The van der Waals surface area contributed by atoms with Gasteiger partial charge in [0.2, 0.25) is 0 Å². The number of aromatic nitrogens is 1. The summed E-state index contributed by atoms with van der Waals surface area (Å²) < 4.78 is 2.26. The van der Waals surface area contributed by atoms with Crippen LogP contribution in [0.3, 0.4) is 0 Å². The van der Waals surface area contributed by atoms with E-state index in [1.807, 2.05) is 36.4 Å². The van der Waals surface area contributed by atoms with Crippen LogP contribution in [0.25, 0.3) is 33.6 Å². The van der Waals surface area contributed by atoms with Crippen LogP contribution in [0.2, 0.25) is 0 Å². The molecule has 0 saturated heterocycles. The van der Waals surface area contributed by atoms with E-state index in [0.717, 1.165) is 23.1 Å². The molecule has 0 N–H and O–H groups in total. The number of rotatable bonds is 3. The van der Waals surface area contributed by atoms with Gasteiger partial charge in [-0.05, 0) is 35.9 Å². The zero-order valence-corrected chi connectivity index (χ0v) is 12.5. The molecular weight excluding hydrogens is 282 g/mol. The number of para-hydroxylation sites is 3. The van der Waals surface area contributed by atoms with Crippen LogP contribution >= 0.6 is 0 Å². The number of aldehydes is 1. The highest BCUT2D eigenvalue weighted by Gasteiger charge is 2.13. The van der Waals surface area contributed by atoms with E-state index in [1.165, 1.54) is 16.3 Å². The van der Waals surface area contributed by atoms with Crippen LogP contribution in [0.5, 0.6) is 0 Å². The highest BCUT2D eigenvalue weighted by atomic mass is 16.1. The molecule has 0 unspecified atom stereocenters. The van der Waals surface area contributed by atoms with Crippen molar-refractivity contribution in [3.63, 3.8) is 0 Å². The third kappa shape index (κ3) is 2.16. The van der Waals surface area contributed by atoms with Gasteiger partial charge in [0, 0.05) is 16.5 Å². The maximum absolute atomic E-state index is 10.7. The number of carbonyl (C=O) groups is 1. The Hall–Kier alpha value is -3.13. The van der Waals surface area contributed by atoms with E-state index < -0.39 is 0 Å². The Labute approximate surface area is 134 Å². The average molecular weight is 297 g/mol. The smallest absolute Gasteiger partial charge is 0.142 e. The molecule has 0 radical (unpaired) electrons. The fourth-order valence-electron chi connectivity index (χ4n) is 3.17. The Balaban J connectivity index is 2.20. The molecule has 0 bridgehead atoms. The van der Waals surface area contributed by atoms with Crippen LogP contribution in [0.15, 0.2) is 78.9 Å². The number of hydrogen-bond donors (Lipinski definition) is 0. The van der Waals surface area contributed by atoms with Crippen LogP contribution in [0, 0.1) is 0 Å². The summed E-state index contributed by atoms with van der Waals surface area (Å²) in [6.45, 7) is 0. The Morgan fingerprint density at radius 3 is 2.30 bits per heavy atom. The lowest BCUT2D eigenvalue weighted by atomic mass is 10.1. The normalized spacial score (nSPS) is 11.5. The molecule has 0 aliphatic heterocycles. The van der Waals surface area contributed by atoms with Crippen molar-refractivity contribution in [1.29, 1.82) is 0 Å². The van der Waals surface area contributed by atoms with Crippen LogP contribution in [0.1, 0.15) is 5.56 Å². The molecule has 3 aromatic carbocycles. The summed E-state index contributed by atoms with van der Waals surface area (Å²) in [4.78, 5) is 10.7. The van der Waals surface area contributed by atoms with Gasteiger partial charge in [-0.3, -0.25) is 4.79 Å². The molecule has 110 valence electrons. The molecule has 4 rings (SSSR count). The first-order valence-corrected chi connectivity index (χ1v) is 7.59. The first-order valence-electron chi connectivity index (χ1n) is 7.59. The number of carbonyl (C=O) groups excluding carboxylic acids is 1. The Bertz CT molecular complexity index is 1030. The van der Waals surface area contributed by atoms with Gasteiger partial charge in [0.25, 0.3) is 0 Å². The minimum Gasteiger partial charge on any atom is -0.309 e. The van der Waals surface area contributed by atoms with Crippen LogP contribution in [0.4, 0.5) is 0 Å². The molecule has 2 nitrogen and oxygen atoms in total. The summed E-state index contributed by atoms with van der Waals surface area (Å²) in [5.74, 6) is 0. The van der Waals surface area contributed by atoms with Gasteiger partial charge in [-0.1, -0.05) is 54.6 Å². The largest absolute Gasteiger partial charge is 0.309 e. The Kier molecular flexibility index (Phi) is 3.28. The molecule has 1 aromatic heterocycles. The predicted molar refractivity (Wildman–Crippen MR) is 95.9 cm³/mol. The fourth-order valence-corrected chi connectivity index (χ4v) is 3.17. The Morgan fingerprint density at radius 1 is 0.739 bits per heavy atom. The molecule has 0 fully saturated rings. The highest BCUT2D eigenvalue weighted by Crippen LogP contribution is 2.34. The van der Waals surface area contributed by atoms with Gasteiger partial charge in [0.15, 0.2) is 0 Å². The summed E-state index contributed by atoms with van der Waals surface area (Å²) in [5, 5.41) is 2.41. The second-order valence-corrected chi connectivity index (χ2v) is 5.43. The summed E-state index contributed by atoms with van der Waals surface area (Å²) in [6.07, 6.45) is 4.23. The number of allylic oxidation sites excluding steroid dienone is 1. The van der Waals surface area contributed by atoms with Crippen LogP contribution in [-0.2, 0) is 4.79 Å². The second-order valence-electron chi connectivity index (χ2n) is 5.43. The molecule has 1 heterocycles. The lowest BCUT2D eigenvalue weighted by molar-refractivity contribution is -0.104. The Morgan fingerprint density at radius 2 is 1.48 bits per heavy atom. The minimum atomic E-state index is 0.814. The molecule has 0 amide bonds. The maximum atomic E-state index is 10.7. The molecule has 23 heavy (non-hydrogen) atoms. The van der Waals surface area contributed by atoms with Crippen molar-refractivity contribution in [2.75, 3.05) is 0 Å². The lowest BCUT2D eigenvalue weighted by Crippen LogP contribution is -1.94. The van der Waals surface area contributed by atoms with Crippen LogP contribution < -0.4 is 0 Å². The number of fused-ring (bicyclic) bond motifs is 3. The van der Waals surface area contributed by atoms with Gasteiger partial charge in [-0.15, -0.1) is 0 Å². The third-order valence-electron chi connectivity index (χ3n) is 4.09. The van der Waals surface area contributed by atoms with E-state index >= 15 is 0 Å². The van der Waals surface area contributed by atoms with Gasteiger partial charge in [0.05, 0.1) is 11.0 Å². The zero-order valence-electron chi connectivity index (χ0n) is 12.5. The monoisotopic (exact) mass is 297 g/mol. The second kappa shape index (κ2) is 5.58. The summed E-state index contributed by atoms with van der Waals surface area (Å²) in [6, 6.07) is 24.9. The summed E-state index contributed by atoms with van der Waals surface area (Å²) in [7, 11) is 0. The maximum Gasteiger partial charge on any atom is 0.142 e. The van der Waals surface area contributed by atoms with E-state index in [2.05, 4.69) is 47.0 Å². The first kappa shape index (κ1) is 13.5. The SMILES string of the molecule is O=CC=Cc1cccc2c3ccccc3n(-c3ccccc3)c12. The van der Waals surface area contributed by atoms with Crippen molar-refractivity contribution in [1.82, 2.24) is 4.57 Å². The van der Waals surface area contributed by atoms with E-state index in [9.17, 15) is 4.79 Å². The van der Waals surface area contributed by atoms with Crippen molar-refractivity contribution in [3.05, 3.63) is 84.4 Å². The topological polar surface area (TPSA) is 22.0 Å². The van der Waals surface area contributed by atoms with Gasteiger partial charge in [-0.25, -0.2) is 0 Å². The molecule has 0 aliphatic carbocycles. The molecule has 0 spiro atoms. The average Bonchev–Trinajstić information content (AvgIpc) is 2.96. The van der Waals surface area contributed by atoms with Crippen molar-refractivity contribution >= 4 is 34.2 Å². The van der Waals surface area contributed by atoms with Crippen molar-refractivity contribution in [2.24, 2.45) is 0 Å². The third-order valence-corrected chi connectivity index (χ3v) is 4.09. The quantitative estimate of drug-likeness (QED) is 0.385. The summed E-state index contributed by atoms with van der Waals surface area (Å²) in [5.41, 5.74) is 4.44. The van der Waals surface area contributed by atoms with Crippen molar-refractivity contribution < 1.29 is 4.79 Å². The lowest BCUT2D eigenvalue weighted by Gasteiger charge is -2.09. The first-order chi connectivity index (χ1) is 11.4. The standard InChI is InChI=1S/C21H15NO/c23-15-7-9-16-8-6-13-19-18-12-4-5-14-20(18)22(21(16)19)17-10-2-1-3-11-17/h1-15H. The number of nitrogens with zero attached hydrogens (tertiary/aromatic N) is 1. The van der Waals surface area contributed by atoms with Gasteiger partial charge < -0.3 is 4.57 Å². The zero-order chi connectivity index (χ0) is 15.6. The molecule has 0 saturated carbocycles. The predicted octanol–water partition coefficient (Wildman–Crippen LogP) is 5.00. The minimum absolute atomic E-state index is 0.814. The van der Waals surface area contributed by atoms with Crippen molar-refractivity contribution in [3.8, 4) is 5.69 Å². The van der Waals surface area contributed by atoms with E-state index in [1.54, 1.807) is 6.08 Å². The number of benzene rings is 3. The van der Waals surface area contributed by atoms with Crippen LogP contribution in [-0.4, -0.2) is 10.9 Å². The molecular formula is C21H15NO. The van der Waals surface area contributed by atoms with Gasteiger partial charge in [-0.2, -0.15) is 0 Å². The van der Waals surface area contributed by atoms with Crippen molar-refractivity contribution in [2.45, 2.75) is 0 Å². The van der Waals surface area contributed by atoms with E-state index in [-0.39, 0.29) is 0 Å². The van der Waals surface area contributed by atoms with Gasteiger partial charge >= 0.3 is 0 Å². The molecule has 2 heteroatoms. The highest BCUT2D eigenvalue weighted by molar-refractivity contribution is 6.11. The van der Waals surface area contributed by atoms with E-state index in [4.69, 9.17) is 0 Å². The number of hydrogen-bond acceptors (Lipinski definition) is 1. The molecule has 0 aliphatic rings. The van der Waals surface area contributed by atoms with E-state index in [0.29, 0.717) is 0 Å². The molecule has 4 aromatic rings. The molecule has 0 atom stereocenters. The summed E-state index contributed by atoms with van der Waals surface area (Å²) >= 11 is 0. The fraction of sp³-hybridized carbons (Fsp3) is 0. The van der Waals surface area contributed by atoms with Gasteiger partial charge in [0.1, 0.15) is 6.29 Å².